The van der Waals surface area contributed by atoms with E-state index in [1.165, 1.54) is 31.8 Å². The summed E-state index contributed by atoms with van der Waals surface area (Å²) in [6, 6.07) is 0. The summed E-state index contributed by atoms with van der Waals surface area (Å²) >= 11 is 0. The summed E-state index contributed by atoms with van der Waals surface area (Å²) in [7, 11) is 1.27. The molecule has 0 aliphatic rings. The number of ether oxygens (including phenoxy) is 2. The monoisotopic (exact) mass is 829 g/mol. The predicted octanol–water partition coefficient (Wildman–Crippen LogP) is 8.60. The van der Waals surface area contributed by atoms with Gasteiger partial charge in [-0.1, -0.05) is 132 Å². The van der Waals surface area contributed by atoms with Gasteiger partial charge in [-0.2, -0.15) is 0 Å². The smallest absolute Gasteiger partial charge is 0.462 e. The van der Waals surface area contributed by atoms with E-state index in [0.29, 0.717) is 17.4 Å². The normalized spacial score (nSPS) is 15.9. The number of allylic oxidation sites excluding steroid dienone is 8. The number of aliphatic hydroxyl groups excluding tert-OH is 3. The van der Waals surface area contributed by atoms with Crippen molar-refractivity contribution in [1.82, 2.24) is 0 Å². The molecule has 0 saturated carbocycles. The van der Waals surface area contributed by atoms with Crippen LogP contribution in [0.3, 0.4) is 0 Å². The van der Waals surface area contributed by atoms with Crippen LogP contribution in [-0.2, 0) is 32.7 Å². The second kappa shape index (κ2) is 35.5. The van der Waals surface area contributed by atoms with Gasteiger partial charge in [-0.3, -0.25) is 18.6 Å². The number of unbranched alkanes of at least 4 members (excludes halogenated alkanes) is 11. The molecule has 4 N–H and O–H groups in total. The highest BCUT2D eigenvalue weighted by molar-refractivity contribution is 7.47. The van der Waals surface area contributed by atoms with Crippen molar-refractivity contribution in [3.63, 3.8) is 0 Å². The van der Waals surface area contributed by atoms with Crippen molar-refractivity contribution < 1.29 is 57.4 Å². The number of carbonyl (C=O) groups is 2. The maximum Gasteiger partial charge on any atom is 0.472 e. The zero-order valence-electron chi connectivity index (χ0n) is 35.9. The summed E-state index contributed by atoms with van der Waals surface area (Å²) in [5.41, 5.74) is 0. The Hall–Kier alpha value is -2.41. The first-order chi connectivity index (χ1) is 27.2. The van der Waals surface area contributed by atoms with E-state index in [9.17, 15) is 34.4 Å². The topological polar surface area (TPSA) is 169 Å². The van der Waals surface area contributed by atoms with Crippen LogP contribution in [0.25, 0.3) is 0 Å². The van der Waals surface area contributed by atoms with Crippen molar-refractivity contribution in [2.45, 2.75) is 160 Å². The summed E-state index contributed by atoms with van der Waals surface area (Å²) in [4.78, 5) is 35.3. The molecule has 0 saturated heterocycles. The molecule has 0 spiro atoms. The van der Waals surface area contributed by atoms with Crippen LogP contribution >= 0.6 is 7.82 Å². The van der Waals surface area contributed by atoms with Gasteiger partial charge in [0.2, 0.25) is 0 Å². The molecule has 0 aliphatic heterocycles. The van der Waals surface area contributed by atoms with Crippen molar-refractivity contribution in [1.29, 1.82) is 0 Å². The van der Waals surface area contributed by atoms with Gasteiger partial charge in [0.25, 0.3) is 0 Å². The van der Waals surface area contributed by atoms with Crippen molar-refractivity contribution in [3.8, 4) is 0 Å². The predicted molar refractivity (Wildman–Crippen MR) is 228 cm³/mol. The molecule has 12 nitrogen and oxygen atoms in total. The molecule has 0 fully saturated rings. The van der Waals surface area contributed by atoms with Gasteiger partial charge in [0.1, 0.15) is 19.8 Å². The summed E-state index contributed by atoms with van der Waals surface area (Å²) in [5, 5.41) is 30.5. The molecular weight excluding hydrogens is 749 g/mol. The third-order valence-corrected chi connectivity index (χ3v) is 9.87. The van der Waals surface area contributed by atoms with E-state index in [4.69, 9.17) is 18.5 Å². The highest BCUT2D eigenvalue weighted by Crippen LogP contribution is 2.43. The van der Waals surface area contributed by atoms with Crippen LogP contribution in [-0.4, -0.2) is 109 Å². The second-order valence-corrected chi connectivity index (χ2v) is 17.0. The van der Waals surface area contributed by atoms with Crippen LogP contribution in [0.15, 0.2) is 60.8 Å². The van der Waals surface area contributed by atoms with Gasteiger partial charge in [0.15, 0.2) is 6.10 Å². The molecule has 0 heterocycles. The molecule has 0 aromatic carbocycles. The van der Waals surface area contributed by atoms with Gasteiger partial charge in [0.05, 0.1) is 46.1 Å². The number of aliphatic hydroxyl groups is 3. The minimum absolute atomic E-state index is 0.0277. The lowest BCUT2D eigenvalue weighted by Crippen LogP contribution is -2.37. The minimum Gasteiger partial charge on any atom is -0.462 e. The molecule has 1 unspecified atom stereocenters. The Morgan fingerprint density at radius 2 is 1.21 bits per heavy atom. The zero-order chi connectivity index (χ0) is 42.6. The van der Waals surface area contributed by atoms with E-state index < -0.39 is 50.8 Å². The lowest BCUT2D eigenvalue weighted by molar-refractivity contribution is -0.870. The summed E-state index contributed by atoms with van der Waals surface area (Å²) < 4.78 is 34.0. The first-order valence-corrected chi connectivity index (χ1v) is 22.8. The second-order valence-electron chi connectivity index (χ2n) is 15.6. The third-order valence-electron chi connectivity index (χ3n) is 8.89. The van der Waals surface area contributed by atoms with Gasteiger partial charge in [0, 0.05) is 12.8 Å². The molecule has 0 aliphatic carbocycles. The Balaban J connectivity index is 4.73. The first-order valence-electron chi connectivity index (χ1n) is 21.3. The molecule has 0 aromatic rings. The Bertz CT molecular complexity index is 1210. The van der Waals surface area contributed by atoms with E-state index in [2.05, 4.69) is 26.0 Å². The molecule has 0 rings (SSSR count). The number of phosphoric ester groups is 1. The standard InChI is InChI=1S/C44H78NO11P/c1-6-8-10-11-12-13-14-15-16-17-18-23-27-33-44(50)56-40(38-55-57(51,52)54-36-35-45(3,4)5)37-53-43(49)34-28-32-42(48)41(47)31-26-22-20-19-21-25-30-39(46)29-24-9-7-2/h13-14,19-22,25-26,30-31,39-42,46-48H,6-12,15-18,23-24,27-29,32-38H2,1-5H3/p+1/b14-13-,21-19-,22-20+,30-25+,31-26+/t39-,40-,41-,42-/m1/s1. The van der Waals surface area contributed by atoms with Gasteiger partial charge >= 0.3 is 19.8 Å². The zero-order valence-corrected chi connectivity index (χ0v) is 36.8. The van der Waals surface area contributed by atoms with Crippen molar-refractivity contribution in [2.75, 3.05) is 47.5 Å². The van der Waals surface area contributed by atoms with Gasteiger partial charge in [-0.25, -0.2) is 4.57 Å². The molecule has 13 heteroatoms. The highest BCUT2D eigenvalue weighted by Gasteiger charge is 2.27. The summed E-state index contributed by atoms with van der Waals surface area (Å²) in [6.07, 6.45) is 30.7. The summed E-state index contributed by atoms with van der Waals surface area (Å²) in [6.45, 7) is 3.87. The molecular formula is C44H79NO11P+. The molecule has 0 bridgehead atoms. The van der Waals surface area contributed by atoms with Crippen molar-refractivity contribution >= 4 is 19.8 Å². The number of phosphoric acid groups is 1. The molecule has 0 aromatic heterocycles. The molecule has 0 radical (unpaired) electrons. The number of hydrogen-bond acceptors (Lipinski definition) is 10. The Labute approximate surface area is 344 Å². The van der Waals surface area contributed by atoms with Crippen molar-refractivity contribution in [3.05, 3.63) is 60.8 Å². The fraction of sp³-hybridized carbons (Fsp3) is 0.727. The van der Waals surface area contributed by atoms with Gasteiger partial charge in [-0.05, 0) is 51.4 Å². The van der Waals surface area contributed by atoms with Gasteiger partial charge < -0.3 is 34.2 Å². The molecule has 5 atom stereocenters. The Kier molecular flexibility index (Phi) is 34.0. The van der Waals surface area contributed by atoms with Crippen LogP contribution in [0.5, 0.6) is 0 Å². The highest BCUT2D eigenvalue weighted by atomic mass is 31.2. The lowest BCUT2D eigenvalue weighted by atomic mass is 10.1. The fourth-order valence-corrected chi connectivity index (χ4v) is 6.07. The number of quaternary nitrogens is 1. The largest absolute Gasteiger partial charge is 0.472 e. The van der Waals surface area contributed by atoms with E-state index in [1.807, 2.05) is 21.1 Å². The molecule has 0 amide bonds. The maximum atomic E-state index is 12.7. The van der Waals surface area contributed by atoms with Crippen LogP contribution < -0.4 is 0 Å². The molecule has 57 heavy (non-hydrogen) atoms. The van der Waals surface area contributed by atoms with Crippen molar-refractivity contribution in [2.24, 2.45) is 0 Å². The average Bonchev–Trinajstić information content (AvgIpc) is 3.15. The van der Waals surface area contributed by atoms with Crippen LogP contribution in [0.2, 0.25) is 0 Å². The number of hydrogen-bond donors (Lipinski definition) is 4. The number of esters is 2. The van der Waals surface area contributed by atoms with E-state index in [1.54, 1.807) is 42.5 Å². The van der Waals surface area contributed by atoms with E-state index >= 15 is 0 Å². The Morgan fingerprint density at radius 3 is 1.86 bits per heavy atom. The number of nitrogens with zero attached hydrogens (tertiary/aromatic N) is 1. The quantitative estimate of drug-likeness (QED) is 0.0118. The van der Waals surface area contributed by atoms with E-state index in [0.717, 1.165) is 64.2 Å². The SMILES string of the molecule is CCCCCC/C=C\CCCCCCCC(=O)O[C@H](COC(=O)CCC[C@@H](O)[C@H](O)/C=C/C=C/C=C\C=C\[C@H](O)CCCCC)COP(=O)(O)OCC[N+](C)(C)C. The number of carbonyl (C=O) groups excluding carboxylic acids is 2. The van der Waals surface area contributed by atoms with Crippen LogP contribution in [0.1, 0.15) is 136 Å². The number of rotatable bonds is 37. The molecule has 330 valence electrons. The average molecular weight is 829 g/mol. The minimum atomic E-state index is -4.46. The van der Waals surface area contributed by atoms with Crippen LogP contribution in [0, 0.1) is 0 Å². The summed E-state index contributed by atoms with van der Waals surface area (Å²) in [5.74, 6) is -1.14. The fourth-order valence-electron chi connectivity index (χ4n) is 5.33. The maximum absolute atomic E-state index is 12.7. The lowest BCUT2D eigenvalue weighted by Gasteiger charge is -2.24. The van der Waals surface area contributed by atoms with Gasteiger partial charge in [-0.15, -0.1) is 0 Å². The van der Waals surface area contributed by atoms with E-state index in [-0.39, 0.29) is 38.9 Å². The van der Waals surface area contributed by atoms with Crippen LogP contribution in [0.4, 0.5) is 0 Å². The number of likely N-dealkylation sites (N-methyl/N-ethyl adjacent to an activating group) is 1. The Morgan fingerprint density at radius 1 is 0.649 bits per heavy atom. The third kappa shape index (κ3) is 37.6. The first kappa shape index (κ1) is 54.6.